The summed E-state index contributed by atoms with van der Waals surface area (Å²) in [5.41, 5.74) is 0. The lowest BCUT2D eigenvalue weighted by Crippen LogP contribution is -2.25. The second kappa shape index (κ2) is 30.1. The third-order valence-corrected chi connectivity index (χ3v) is 9.65. The fourth-order valence-electron chi connectivity index (χ4n) is 6.57. The van der Waals surface area contributed by atoms with Crippen LogP contribution < -0.4 is 0 Å². The van der Waals surface area contributed by atoms with E-state index >= 15 is 0 Å². The molecule has 1 aliphatic rings. The maximum absolute atomic E-state index is 12.5. The number of ether oxygens (including phenoxy) is 2. The number of Topliss-reactive ketones (excluding diaryl/α,β-unsaturated/α-hetero) is 1. The van der Waals surface area contributed by atoms with Crippen LogP contribution in [-0.2, 0) is 23.9 Å². The van der Waals surface area contributed by atoms with Gasteiger partial charge in [0.15, 0.2) is 0 Å². The topological polar surface area (TPSA) is 130 Å². The molecule has 0 aromatic heterocycles. The van der Waals surface area contributed by atoms with E-state index in [9.17, 15) is 29.7 Å². The van der Waals surface area contributed by atoms with E-state index in [-0.39, 0.29) is 55.6 Å². The van der Waals surface area contributed by atoms with Gasteiger partial charge in [-0.1, -0.05) is 148 Å². The summed E-state index contributed by atoms with van der Waals surface area (Å²) in [6, 6.07) is 0. The van der Waals surface area contributed by atoms with Gasteiger partial charge in [0.05, 0.1) is 12.2 Å². The smallest absolute Gasteiger partial charge is 0.305 e. The quantitative estimate of drug-likeness (QED) is 0.0365. The summed E-state index contributed by atoms with van der Waals surface area (Å²) in [5.74, 6) is -1.10. The van der Waals surface area contributed by atoms with Gasteiger partial charge in [0.2, 0.25) is 0 Å². The van der Waals surface area contributed by atoms with Crippen molar-refractivity contribution < 1.29 is 39.2 Å². The van der Waals surface area contributed by atoms with Gasteiger partial charge in [0.25, 0.3) is 0 Å². The zero-order valence-electron chi connectivity index (χ0n) is 30.7. The summed E-state index contributed by atoms with van der Waals surface area (Å²) >= 11 is 0. The van der Waals surface area contributed by atoms with E-state index in [1.807, 2.05) is 6.08 Å². The van der Waals surface area contributed by atoms with Gasteiger partial charge in [-0.2, -0.15) is 0 Å². The maximum atomic E-state index is 12.5. The summed E-state index contributed by atoms with van der Waals surface area (Å²) in [4.78, 5) is 36.5. The lowest BCUT2D eigenvalue weighted by molar-refractivity contribution is -0.152. The Labute approximate surface area is 292 Å². The van der Waals surface area contributed by atoms with Gasteiger partial charge in [-0.25, -0.2) is 0 Å². The van der Waals surface area contributed by atoms with Gasteiger partial charge in [-0.05, 0) is 25.7 Å². The van der Waals surface area contributed by atoms with Crippen molar-refractivity contribution >= 4 is 17.7 Å². The maximum Gasteiger partial charge on any atom is 0.305 e. The van der Waals surface area contributed by atoms with Crippen molar-refractivity contribution in [3.8, 4) is 0 Å². The standard InChI is InChI=1S/C40H72O8/c1-3-5-7-8-9-10-11-12-13-14-15-16-17-22-26-39(45)47-31-34(42)32-48-40(46)27-23-19-18-21-25-35-36(38(44)30-37(35)43)29-28-33(41)24-20-6-4-2/h28-29,33-36,38,41-42,44H,3-27,30-32H2,1-2H3/b29-28+/t33-,34-,35+,36+,38+/m0/s1. The van der Waals surface area contributed by atoms with Crippen LogP contribution in [0.2, 0.25) is 0 Å². The van der Waals surface area contributed by atoms with Crippen molar-refractivity contribution in [3.05, 3.63) is 12.2 Å². The van der Waals surface area contributed by atoms with Crippen LogP contribution in [0.1, 0.15) is 181 Å². The summed E-state index contributed by atoms with van der Waals surface area (Å²) in [6.45, 7) is 4.01. The average molecular weight is 681 g/mol. The third kappa shape index (κ3) is 23.6. The van der Waals surface area contributed by atoms with Gasteiger partial charge in [0, 0.05) is 31.1 Å². The molecular formula is C40H72O8. The van der Waals surface area contributed by atoms with E-state index in [0.29, 0.717) is 25.7 Å². The molecule has 280 valence electrons. The van der Waals surface area contributed by atoms with Crippen LogP contribution >= 0.6 is 0 Å². The Kier molecular flexibility index (Phi) is 27.7. The zero-order valence-corrected chi connectivity index (χ0v) is 30.7. The highest BCUT2D eigenvalue weighted by molar-refractivity contribution is 5.84. The predicted molar refractivity (Wildman–Crippen MR) is 192 cm³/mol. The summed E-state index contributed by atoms with van der Waals surface area (Å²) in [5, 5.41) is 30.6. The van der Waals surface area contributed by atoms with Gasteiger partial charge < -0.3 is 24.8 Å². The Morgan fingerprint density at radius 1 is 0.688 bits per heavy atom. The van der Waals surface area contributed by atoms with Crippen molar-refractivity contribution in [2.24, 2.45) is 11.8 Å². The Hall–Kier alpha value is -1.77. The number of hydrogen-bond donors (Lipinski definition) is 3. The van der Waals surface area contributed by atoms with E-state index in [0.717, 1.165) is 57.8 Å². The molecule has 3 N–H and O–H groups in total. The van der Waals surface area contributed by atoms with Crippen LogP contribution in [0.3, 0.4) is 0 Å². The normalized spacial score (nSPS) is 19.2. The predicted octanol–water partition coefficient (Wildman–Crippen LogP) is 8.71. The lowest BCUT2D eigenvalue weighted by atomic mass is 9.88. The Morgan fingerprint density at radius 2 is 1.12 bits per heavy atom. The molecule has 8 nitrogen and oxygen atoms in total. The number of ketones is 1. The van der Waals surface area contributed by atoms with Crippen LogP contribution in [0.15, 0.2) is 12.2 Å². The number of unbranched alkanes of at least 4 members (excludes halogenated alkanes) is 18. The molecule has 0 aromatic rings. The first-order valence-corrected chi connectivity index (χ1v) is 19.8. The first kappa shape index (κ1) is 44.3. The Bertz CT molecular complexity index is 843. The largest absolute Gasteiger partial charge is 0.463 e. The second-order valence-corrected chi connectivity index (χ2v) is 14.2. The van der Waals surface area contributed by atoms with E-state index in [1.54, 1.807) is 6.08 Å². The first-order valence-electron chi connectivity index (χ1n) is 19.8. The summed E-state index contributed by atoms with van der Waals surface area (Å²) in [7, 11) is 0. The number of aliphatic hydroxyl groups is 3. The molecule has 0 bridgehead atoms. The minimum absolute atomic E-state index is 0.0836. The van der Waals surface area contributed by atoms with Crippen LogP contribution in [0.5, 0.6) is 0 Å². The molecule has 48 heavy (non-hydrogen) atoms. The number of hydrogen-bond acceptors (Lipinski definition) is 8. The Balaban J connectivity index is 2.01. The van der Waals surface area contributed by atoms with Crippen molar-refractivity contribution in [2.75, 3.05) is 13.2 Å². The van der Waals surface area contributed by atoms with Crippen molar-refractivity contribution in [1.29, 1.82) is 0 Å². The minimum Gasteiger partial charge on any atom is -0.463 e. The molecule has 0 saturated heterocycles. The molecule has 8 heteroatoms. The van der Waals surface area contributed by atoms with Crippen molar-refractivity contribution in [2.45, 2.75) is 199 Å². The molecule has 0 aromatic carbocycles. The monoisotopic (exact) mass is 681 g/mol. The fraction of sp³-hybridized carbons (Fsp3) is 0.875. The van der Waals surface area contributed by atoms with Crippen LogP contribution in [0.4, 0.5) is 0 Å². The average Bonchev–Trinajstić information content (AvgIpc) is 3.34. The van der Waals surface area contributed by atoms with Crippen LogP contribution in [-0.4, -0.2) is 64.6 Å². The second-order valence-electron chi connectivity index (χ2n) is 14.2. The summed E-state index contributed by atoms with van der Waals surface area (Å²) < 4.78 is 10.3. The Morgan fingerprint density at radius 3 is 1.62 bits per heavy atom. The molecule has 5 atom stereocenters. The van der Waals surface area contributed by atoms with E-state index in [4.69, 9.17) is 9.47 Å². The van der Waals surface area contributed by atoms with Gasteiger partial charge >= 0.3 is 11.9 Å². The van der Waals surface area contributed by atoms with Gasteiger partial charge in [-0.15, -0.1) is 0 Å². The number of rotatable bonds is 32. The van der Waals surface area contributed by atoms with Gasteiger partial charge in [0.1, 0.15) is 25.1 Å². The van der Waals surface area contributed by atoms with E-state index < -0.39 is 18.3 Å². The molecule has 0 heterocycles. The highest BCUT2D eigenvalue weighted by Crippen LogP contribution is 2.34. The minimum atomic E-state index is -1.03. The summed E-state index contributed by atoms with van der Waals surface area (Å²) in [6.07, 6.45) is 27.4. The first-order chi connectivity index (χ1) is 23.3. The lowest BCUT2D eigenvalue weighted by Gasteiger charge is -2.18. The number of aliphatic hydroxyl groups excluding tert-OH is 3. The molecular weight excluding hydrogens is 608 g/mol. The van der Waals surface area contributed by atoms with Crippen LogP contribution in [0.25, 0.3) is 0 Å². The zero-order chi connectivity index (χ0) is 35.2. The third-order valence-electron chi connectivity index (χ3n) is 9.65. The van der Waals surface area contributed by atoms with Crippen molar-refractivity contribution in [1.82, 2.24) is 0 Å². The van der Waals surface area contributed by atoms with Crippen LogP contribution in [0, 0.1) is 11.8 Å². The van der Waals surface area contributed by atoms with Crippen molar-refractivity contribution in [3.63, 3.8) is 0 Å². The number of esters is 2. The highest BCUT2D eigenvalue weighted by Gasteiger charge is 2.39. The van der Waals surface area contributed by atoms with Gasteiger partial charge in [-0.3, -0.25) is 14.4 Å². The molecule has 0 radical (unpaired) electrons. The van der Waals surface area contributed by atoms with E-state index in [1.165, 1.54) is 70.6 Å². The molecule has 1 aliphatic carbocycles. The molecule has 1 rings (SSSR count). The molecule has 1 saturated carbocycles. The van der Waals surface area contributed by atoms with E-state index in [2.05, 4.69) is 13.8 Å². The highest BCUT2D eigenvalue weighted by atomic mass is 16.6. The number of carbonyl (C=O) groups excluding carboxylic acids is 3. The molecule has 0 unspecified atom stereocenters. The molecule has 0 aliphatic heterocycles. The fourth-order valence-corrected chi connectivity index (χ4v) is 6.57. The molecule has 1 fully saturated rings. The number of carbonyl (C=O) groups is 3. The molecule has 0 amide bonds. The molecule has 0 spiro atoms. The SMILES string of the molecule is CCCCCCCCCCCCCCCCC(=O)OC[C@H](O)COC(=O)CCCCCC[C@H]1C(=O)C[C@@H](O)[C@@H]1/C=C/[C@@H](O)CCCCC.